The van der Waals surface area contributed by atoms with E-state index in [9.17, 15) is 0 Å². The van der Waals surface area contributed by atoms with E-state index in [2.05, 4.69) is 38.2 Å². The zero-order valence-electron chi connectivity index (χ0n) is 12.6. The molecule has 19 heavy (non-hydrogen) atoms. The third-order valence-corrected chi connectivity index (χ3v) is 2.65. The molecule has 0 fully saturated rings. The van der Waals surface area contributed by atoms with Crippen molar-refractivity contribution in [1.29, 1.82) is 0 Å². The Labute approximate surface area is 116 Å². The fourth-order valence-electron chi connectivity index (χ4n) is 1.68. The van der Waals surface area contributed by atoms with E-state index in [4.69, 9.17) is 9.47 Å². The summed E-state index contributed by atoms with van der Waals surface area (Å²) in [5.74, 6) is 1.62. The average Bonchev–Trinajstić information content (AvgIpc) is 2.36. The average molecular weight is 263 g/mol. The third-order valence-electron chi connectivity index (χ3n) is 2.65. The zero-order chi connectivity index (χ0) is 14.3. The molecule has 0 aliphatic heterocycles. The van der Waals surface area contributed by atoms with Crippen molar-refractivity contribution in [3.8, 4) is 11.5 Å². The maximum Gasteiger partial charge on any atom is 0.123 e. The monoisotopic (exact) mass is 263 g/mol. The predicted octanol–water partition coefficient (Wildman–Crippen LogP) is 3.50. The van der Waals surface area contributed by atoms with Crippen molar-refractivity contribution < 1.29 is 9.47 Å². The Morgan fingerprint density at radius 2 is 1.63 bits per heavy atom. The van der Waals surface area contributed by atoms with E-state index in [1.165, 1.54) is 0 Å². The highest BCUT2D eigenvalue weighted by molar-refractivity contribution is 5.55. The van der Waals surface area contributed by atoms with Crippen LogP contribution in [-0.2, 0) is 0 Å². The minimum Gasteiger partial charge on any atom is -0.497 e. The molecule has 0 aliphatic carbocycles. The minimum atomic E-state index is 0.174. The van der Waals surface area contributed by atoms with E-state index in [0.29, 0.717) is 0 Å². The first-order valence-electron chi connectivity index (χ1n) is 6.59. The van der Waals surface area contributed by atoms with Crippen LogP contribution >= 0.6 is 0 Å². The summed E-state index contributed by atoms with van der Waals surface area (Å²) in [6.07, 6.45) is 5.25. The van der Waals surface area contributed by atoms with Crippen molar-refractivity contribution in [2.45, 2.75) is 32.7 Å². The highest BCUT2D eigenvalue weighted by Crippen LogP contribution is 2.23. The lowest BCUT2D eigenvalue weighted by Gasteiger charge is -2.19. The molecular formula is C16H25NO2. The molecule has 106 valence electrons. The van der Waals surface area contributed by atoms with Crippen LogP contribution < -0.4 is 14.8 Å². The molecule has 0 spiro atoms. The Morgan fingerprint density at radius 3 is 2.11 bits per heavy atom. The van der Waals surface area contributed by atoms with E-state index in [-0.39, 0.29) is 5.54 Å². The third kappa shape index (κ3) is 6.30. The van der Waals surface area contributed by atoms with Crippen molar-refractivity contribution >= 4 is 6.08 Å². The molecule has 0 radical (unpaired) electrons. The van der Waals surface area contributed by atoms with Gasteiger partial charge in [-0.25, -0.2) is 0 Å². The van der Waals surface area contributed by atoms with Gasteiger partial charge < -0.3 is 14.8 Å². The van der Waals surface area contributed by atoms with Gasteiger partial charge in [0.15, 0.2) is 0 Å². The quantitative estimate of drug-likeness (QED) is 0.797. The molecule has 1 aromatic carbocycles. The van der Waals surface area contributed by atoms with Gasteiger partial charge in [-0.15, -0.1) is 0 Å². The SMILES string of the molecule is COc1cc(C=CCCNC(C)(C)C)cc(OC)c1. The Hall–Kier alpha value is -1.48. The van der Waals surface area contributed by atoms with Crippen LogP contribution in [0.4, 0.5) is 0 Å². The number of benzene rings is 1. The van der Waals surface area contributed by atoms with Crippen LogP contribution in [0.2, 0.25) is 0 Å². The maximum atomic E-state index is 5.24. The number of rotatable bonds is 6. The number of methoxy groups -OCH3 is 2. The normalized spacial score (nSPS) is 11.8. The molecule has 3 nitrogen and oxygen atoms in total. The Kier molecular flexibility index (Phi) is 5.90. The molecule has 0 aromatic heterocycles. The van der Waals surface area contributed by atoms with Crippen LogP contribution in [0.25, 0.3) is 6.08 Å². The van der Waals surface area contributed by atoms with Crippen molar-refractivity contribution in [2.75, 3.05) is 20.8 Å². The zero-order valence-corrected chi connectivity index (χ0v) is 12.6. The van der Waals surface area contributed by atoms with Gasteiger partial charge in [0, 0.05) is 11.6 Å². The topological polar surface area (TPSA) is 30.5 Å². The summed E-state index contributed by atoms with van der Waals surface area (Å²) < 4.78 is 10.5. The number of hydrogen-bond acceptors (Lipinski definition) is 3. The molecule has 1 rings (SSSR count). The molecule has 3 heteroatoms. The molecule has 0 heterocycles. The molecule has 1 aromatic rings. The number of hydrogen-bond donors (Lipinski definition) is 1. The van der Waals surface area contributed by atoms with E-state index in [1.54, 1.807) is 14.2 Å². The Morgan fingerprint density at radius 1 is 1.05 bits per heavy atom. The van der Waals surface area contributed by atoms with Crippen LogP contribution in [0.3, 0.4) is 0 Å². The molecule has 0 saturated carbocycles. The van der Waals surface area contributed by atoms with Gasteiger partial charge in [0.2, 0.25) is 0 Å². The largest absolute Gasteiger partial charge is 0.497 e. The summed E-state index contributed by atoms with van der Waals surface area (Å²) in [6, 6.07) is 5.87. The molecule has 0 unspecified atom stereocenters. The van der Waals surface area contributed by atoms with Crippen molar-refractivity contribution in [2.24, 2.45) is 0 Å². The van der Waals surface area contributed by atoms with Crippen LogP contribution in [0.1, 0.15) is 32.8 Å². The second-order valence-electron chi connectivity index (χ2n) is 5.51. The summed E-state index contributed by atoms with van der Waals surface area (Å²) in [5, 5.41) is 3.45. The lowest BCUT2D eigenvalue weighted by Crippen LogP contribution is -2.36. The number of nitrogens with one attached hydrogen (secondary N) is 1. The standard InChI is InChI=1S/C16H25NO2/c1-16(2,3)17-9-7-6-8-13-10-14(18-4)12-15(11-13)19-5/h6,8,10-12,17H,7,9H2,1-5H3. The molecular weight excluding hydrogens is 238 g/mol. The lowest BCUT2D eigenvalue weighted by molar-refractivity contribution is 0.394. The van der Waals surface area contributed by atoms with E-state index < -0.39 is 0 Å². The summed E-state index contributed by atoms with van der Waals surface area (Å²) in [7, 11) is 3.32. The summed E-state index contributed by atoms with van der Waals surface area (Å²) in [6.45, 7) is 7.48. The maximum absolute atomic E-state index is 5.24. The van der Waals surface area contributed by atoms with Crippen molar-refractivity contribution in [1.82, 2.24) is 5.32 Å². The number of ether oxygens (including phenoxy) is 2. The van der Waals surface area contributed by atoms with Crippen molar-refractivity contribution in [3.05, 3.63) is 29.8 Å². The highest BCUT2D eigenvalue weighted by Gasteiger charge is 2.06. The van der Waals surface area contributed by atoms with Gasteiger partial charge in [-0.1, -0.05) is 12.2 Å². The predicted molar refractivity (Wildman–Crippen MR) is 81.0 cm³/mol. The fourth-order valence-corrected chi connectivity index (χ4v) is 1.68. The summed E-state index contributed by atoms with van der Waals surface area (Å²) in [4.78, 5) is 0. The second-order valence-corrected chi connectivity index (χ2v) is 5.51. The van der Waals surface area contributed by atoms with Crippen LogP contribution in [0.5, 0.6) is 11.5 Å². The first-order chi connectivity index (χ1) is 8.94. The van der Waals surface area contributed by atoms with E-state index in [0.717, 1.165) is 30.0 Å². The second kappa shape index (κ2) is 7.19. The smallest absolute Gasteiger partial charge is 0.123 e. The Bertz CT molecular complexity index is 397. The first-order valence-corrected chi connectivity index (χ1v) is 6.59. The van der Waals surface area contributed by atoms with Gasteiger partial charge >= 0.3 is 0 Å². The molecule has 1 N–H and O–H groups in total. The molecule has 0 amide bonds. The van der Waals surface area contributed by atoms with E-state index >= 15 is 0 Å². The highest BCUT2D eigenvalue weighted by atomic mass is 16.5. The molecule has 0 atom stereocenters. The van der Waals surface area contributed by atoms with E-state index in [1.807, 2.05) is 18.2 Å². The van der Waals surface area contributed by atoms with Gasteiger partial charge in [0.1, 0.15) is 11.5 Å². The first kappa shape index (κ1) is 15.6. The van der Waals surface area contributed by atoms with Crippen LogP contribution in [0, 0.1) is 0 Å². The molecule has 0 saturated heterocycles. The fraction of sp³-hybridized carbons (Fsp3) is 0.500. The van der Waals surface area contributed by atoms with Gasteiger partial charge in [0.05, 0.1) is 14.2 Å². The summed E-state index contributed by atoms with van der Waals surface area (Å²) in [5.41, 5.74) is 1.26. The molecule has 0 bridgehead atoms. The van der Waals surface area contributed by atoms with Crippen LogP contribution in [-0.4, -0.2) is 26.3 Å². The van der Waals surface area contributed by atoms with Crippen molar-refractivity contribution in [3.63, 3.8) is 0 Å². The minimum absolute atomic E-state index is 0.174. The van der Waals surface area contributed by atoms with Gasteiger partial charge in [-0.05, 0) is 51.4 Å². The lowest BCUT2D eigenvalue weighted by atomic mass is 10.1. The Balaban J connectivity index is 2.56. The van der Waals surface area contributed by atoms with Crippen LogP contribution in [0.15, 0.2) is 24.3 Å². The van der Waals surface area contributed by atoms with Gasteiger partial charge in [-0.3, -0.25) is 0 Å². The molecule has 0 aliphatic rings. The van der Waals surface area contributed by atoms with Gasteiger partial charge in [-0.2, -0.15) is 0 Å². The summed E-state index contributed by atoms with van der Waals surface area (Å²) >= 11 is 0. The van der Waals surface area contributed by atoms with Gasteiger partial charge in [0.25, 0.3) is 0 Å².